The van der Waals surface area contributed by atoms with Crippen molar-refractivity contribution in [1.29, 1.82) is 0 Å². The Hall–Kier alpha value is -0.120. The zero-order chi connectivity index (χ0) is 8.16. The summed E-state index contributed by atoms with van der Waals surface area (Å²) in [6.07, 6.45) is 3.58. The summed E-state index contributed by atoms with van der Waals surface area (Å²) < 4.78 is 5.16. The topological polar surface area (TPSA) is 29.5 Å². The summed E-state index contributed by atoms with van der Waals surface area (Å²) in [6.45, 7) is 3.22. The molecule has 0 aliphatic carbocycles. The maximum absolute atomic E-state index is 9.86. The number of piperidine rings is 1. The molecule has 3 heteroatoms. The van der Waals surface area contributed by atoms with Crippen molar-refractivity contribution in [2.45, 2.75) is 19.3 Å². The second kappa shape index (κ2) is 4.04. The molecule has 11 heavy (non-hydrogen) atoms. The number of hydrogen-bond donors (Lipinski definition) is 1. The van der Waals surface area contributed by atoms with Crippen molar-refractivity contribution in [1.82, 2.24) is 0 Å². The molecule has 3 nitrogen and oxygen atoms in total. The maximum atomic E-state index is 9.86. The lowest BCUT2D eigenvalue weighted by Gasteiger charge is -2.33. The lowest BCUT2D eigenvalue weighted by atomic mass is 10.1. The van der Waals surface area contributed by atoms with E-state index in [-0.39, 0.29) is 4.65 Å². The van der Waals surface area contributed by atoms with Crippen LogP contribution in [0.1, 0.15) is 19.3 Å². The van der Waals surface area contributed by atoms with Gasteiger partial charge in [-0.2, -0.15) is 4.65 Å². The molecular weight excluding hydrogens is 142 g/mol. The number of rotatable bonds is 3. The third kappa shape index (κ3) is 2.77. The summed E-state index contributed by atoms with van der Waals surface area (Å²) in [5.74, 6) is 0. The molecule has 1 rings (SSSR count). The molecule has 1 heterocycles. The number of methoxy groups -OCH3 is 1. The third-order valence-corrected chi connectivity index (χ3v) is 2.36. The van der Waals surface area contributed by atoms with Gasteiger partial charge in [0.1, 0.15) is 19.6 Å². The predicted octanol–water partition coefficient (Wildman–Crippen LogP) is 1.02. The highest BCUT2D eigenvalue weighted by atomic mass is 16.6. The number of likely N-dealkylation sites (tertiary alicyclic amines) is 1. The Kier molecular flexibility index (Phi) is 3.30. The largest absolute Gasteiger partial charge is 0.379 e. The Labute approximate surface area is 68.1 Å². The van der Waals surface area contributed by atoms with E-state index >= 15 is 0 Å². The van der Waals surface area contributed by atoms with Crippen LogP contribution in [0.25, 0.3) is 0 Å². The van der Waals surface area contributed by atoms with E-state index in [1.807, 2.05) is 0 Å². The van der Waals surface area contributed by atoms with Crippen LogP contribution in [0.15, 0.2) is 0 Å². The second-order valence-electron chi connectivity index (χ2n) is 3.32. The molecule has 1 aliphatic heterocycles. The highest BCUT2D eigenvalue weighted by Crippen LogP contribution is 2.14. The fourth-order valence-corrected chi connectivity index (χ4v) is 1.59. The van der Waals surface area contributed by atoms with Gasteiger partial charge in [0, 0.05) is 7.11 Å². The van der Waals surface area contributed by atoms with Gasteiger partial charge in [0.05, 0.1) is 6.61 Å². The van der Waals surface area contributed by atoms with Gasteiger partial charge < -0.3 is 4.74 Å². The molecule has 0 spiro atoms. The Bertz CT molecular complexity index is 111. The highest BCUT2D eigenvalue weighted by Gasteiger charge is 2.27. The van der Waals surface area contributed by atoms with Crippen LogP contribution < -0.4 is 0 Å². The van der Waals surface area contributed by atoms with Crippen molar-refractivity contribution >= 4 is 0 Å². The SMILES string of the molecule is COCC[N+]1(O)CCCCC1. The van der Waals surface area contributed by atoms with Crippen molar-refractivity contribution in [3.8, 4) is 0 Å². The molecule has 0 aromatic rings. The summed E-state index contributed by atoms with van der Waals surface area (Å²) in [7, 11) is 1.68. The first kappa shape index (κ1) is 8.97. The van der Waals surface area contributed by atoms with Crippen LogP contribution in [0.5, 0.6) is 0 Å². The van der Waals surface area contributed by atoms with Crippen molar-refractivity contribution < 1.29 is 14.6 Å². The van der Waals surface area contributed by atoms with Crippen LogP contribution in [0.2, 0.25) is 0 Å². The molecule has 0 amide bonds. The Balaban J connectivity index is 2.25. The predicted molar refractivity (Wildman–Crippen MR) is 42.4 cm³/mol. The van der Waals surface area contributed by atoms with Gasteiger partial charge in [-0.25, -0.2) is 5.21 Å². The van der Waals surface area contributed by atoms with Crippen molar-refractivity contribution in [2.75, 3.05) is 33.4 Å². The maximum Gasteiger partial charge on any atom is 0.132 e. The molecular formula is C8H18NO2+. The molecule has 0 radical (unpaired) electrons. The minimum Gasteiger partial charge on any atom is -0.379 e. The molecule has 0 atom stereocenters. The molecule has 1 saturated heterocycles. The van der Waals surface area contributed by atoms with Crippen LogP contribution in [0.3, 0.4) is 0 Å². The van der Waals surface area contributed by atoms with Gasteiger partial charge in [0.2, 0.25) is 0 Å². The molecule has 0 bridgehead atoms. The molecule has 1 N–H and O–H groups in total. The van der Waals surface area contributed by atoms with Gasteiger partial charge in [-0.1, -0.05) is 0 Å². The van der Waals surface area contributed by atoms with Crippen molar-refractivity contribution in [3.63, 3.8) is 0 Å². The number of hydroxylamine groups is 3. The quantitative estimate of drug-likeness (QED) is 0.625. The van der Waals surface area contributed by atoms with Gasteiger partial charge in [0.15, 0.2) is 0 Å². The van der Waals surface area contributed by atoms with Crippen molar-refractivity contribution in [2.24, 2.45) is 0 Å². The number of nitrogens with zero attached hydrogens (tertiary/aromatic N) is 1. The second-order valence-corrected chi connectivity index (χ2v) is 3.32. The fourth-order valence-electron chi connectivity index (χ4n) is 1.59. The van der Waals surface area contributed by atoms with Crippen LogP contribution in [-0.4, -0.2) is 43.2 Å². The zero-order valence-corrected chi connectivity index (χ0v) is 7.25. The molecule has 0 aromatic heterocycles. The van der Waals surface area contributed by atoms with E-state index in [4.69, 9.17) is 4.74 Å². The average molecular weight is 160 g/mol. The molecule has 0 aromatic carbocycles. The van der Waals surface area contributed by atoms with Crippen LogP contribution in [0, 0.1) is 0 Å². The number of hydrogen-bond acceptors (Lipinski definition) is 2. The lowest BCUT2D eigenvalue weighted by Crippen LogP contribution is -2.50. The van der Waals surface area contributed by atoms with Gasteiger partial charge >= 0.3 is 0 Å². The standard InChI is InChI=1S/C8H18NO2/c1-11-8-7-9(10)5-3-2-4-6-9/h10H,2-8H2,1H3/q+1. The fraction of sp³-hybridized carbons (Fsp3) is 1.00. The van der Waals surface area contributed by atoms with Gasteiger partial charge in [-0.15, -0.1) is 0 Å². The number of ether oxygens (including phenoxy) is 1. The average Bonchev–Trinajstić information content (AvgIpc) is 2.03. The molecule has 0 unspecified atom stereocenters. The van der Waals surface area contributed by atoms with E-state index in [1.165, 1.54) is 6.42 Å². The van der Waals surface area contributed by atoms with E-state index in [0.29, 0.717) is 6.61 Å². The van der Waals surface area contributed by atoms with Crippen LogP contribution in [0.4, 0.5) is 0 Å². The van der Waals surface area contributed by atoms with E-state index in [0.717, 1.165) is 32.5 Å². The Morgan fingerprint density at radius 2 is 1.91 bits per heavy atom. The lowest BCUT2D eigenvalue weighted by molar-refractivity contribution is -1.10. The van der Waals surface area contributed by atoms with E-state index in [9.17, 15) is 5.21 Å². The highest BCUT2D eigenvalue weighted by molar-refractivity contribution is 4.48. The first-order valence-corrected chi connectivity index (χ1v) is 4.35. The van der Waals surface area contributed by atoms with Gasteiger partial charge in [-0.3, -0.25) is 0 Å². The Morgan fingerprint density at radius 1 is 1.27 bits per heavy atom. The molecule has 66 valence electrons. The van der Waals surface area contributed by atoms with Crippen LogP contribution >= 0.6 is 0 Å². The smallest absolute Gasteiger partial charge is 0.132 e. The number of quaternary nitrogens is 1. The summed E-state index contributed by atoms with van der Waals surface area (Å²) >= 11 is 0. The summed E-state index contributed by atoms with van der Waals surface area (Å²) in [6, 6.07) is 0. The summed E-state index contributed by atoms with van der Waals surface area (Å²) in [5.41, 5.74) is 0. The Morgan fingerprint density at radius 3 is 2.45 bits per heavy atom. The zero-order valence-electron chi connectivity index (χ0n) is 7.25. The molecule has 0 saturated carbocycles. The summed E-state index contributed by atoms with van der Waals surface area (Å²) in [4.78, 5) is 0. The van der Waals surface area contributed by atoms with Gasteiger partial charge in [-0.05, 0) is 19.3 Å². The van der Waals surface area contributed by atoms with Gasteiger partial charge in [0.25, 0.3) is 0 Å². The monoisotopic (exact) mass is 160 g/mol. The van der Waals surface area contributed by atoms with E-state index in [1.54, 1.807) is 7.11 Å². The van der Waals surface area contributed by atoms with E-state index < -0.39 is 0 Å². The molecule has 1 aliphatic rings. The minimum atomic E-state index is 0.230. The van der Waals surface area contributed by atoms with Crippen LogP contribution in [-0.2, 0) is 4.74 Å². The van der Waals surface area contributed by atoms with E-state index in [2.05, 4.69) is 0 Å². The molecule has 1 fully saturated rings. The third-order valence-electron chi connectivity index (χ3n) is 2.36. The minimum absolute atomic E-state index is 0.230. The normalized spacial score (nSPS) is 23.5. The van der Waals surface area contributed by atoms with Crippen molar-refractivity contribution in [3.05, 3.63) is 0 Å². The summed E-state index contributed by atoms with van der Waals surface area (Å²) in [5, 5.41) is 9.86. The first-order valence-electron chi connectivity index (χ1n) is 4.35. The first-order chi connectivity index (χ1) is 5.27.